The molecule has 6 atom stereocenters. The van der Waals surface area contributed by atoms with Gasteiger partial charge in [0.1, 0.15) is 36.0 Å². The number of anilines is 2. The van der Waals surface area contributed by atoms with E-state index >= 15 is 0 Å². The summed E-state index contributed by atoms with van der Waals surface area (Å²) in [7, 11) is 0. The van der Waals surface area contributed by atoms with Crippen molar-refractivity contribution in [3.8, 4) is 0 Å². The van der Waals surface area contributed by atoms with Gasteiger partial charge in [-0.05, 0) is 69.1 Å². The Bertz CT molecular complexity index is 2470. The molecule has 0 saturated heterocycles. The number of carbonyl (C=O) groups is 11. The normalized spacial score (nSPS) is 13.9. The number of carboxylic acids is 6. The molecule has 0 radical (unpaired) electrons. The smallest absolute Gasteiger partial charge is 0.443 e. The molecule has 0 fully saturated rings. The van der Waals surface area contributed by atoms with E-state index in [1.807, 2.05) is 21.3 Å². The van der Waals surface area contributed by atoms with Crippen molar-refractivity contribution in [1.29, 1.82) is 0 Å². The van der Waals surface area contributed by atoms with Crippen LogP contribution in [0.2, 0.25) is 0 Å². The maximum atomic E-state index is 13.8. The van der Waals surface area contributed by atoms with Crippen LogP contribution in [-0.4, -0.2) is 158 Å². The summed E-state index contributed by atoms with van der Waals surface area (Å²) >= 11 is 0. The molecular formula is C42H54F3N9O20. The first-order valence-electron chi connectivity index (χ1n) is 21.9. The Morgan fingerprint density at radius 2 is 0.905 bits per heavy atom. The van der Waals surface area contributed by atoms with E-state index in [1.54, 1.807) is 0 Å². The second-order valence-corrected chi connectivity index (χ2v) is 16.4. The third-order valence-electron chi connectivity index (χ3n) is 10.9. The van der Waals surface area contributed by atoms with Gasteiger partial charge in [-0.25, -0.2) is 24.0 Å². The number of nitrogens with two attached hydrogens (primary N) is 2. The zero-order chi connectivity index (χ0) is 56.2. The Hall–Kier alpha value is -8.42. The van der Waals surface area contributed by atoms with Crippen molar-refractivity contribution in [3.05, 3.63) is 51.3 Å². The fourth-order valence-corrected chi connectivity index (χ4v) is 6.89. The quantitative estimate of drug-likeness (QED) is 0.0344. The molecular weight excluding hydrogens is 1010 g/mol. The van der Waals surface area contributed by atoms with Crippen LogP contribution in [0.5, 0.6) is 0 Å². The number of benzene rings is 1. The molecule has 0 aliphatic heterocycles. The monoisotopic (exact) mass is 1060 g/mol. The van der Waals surface area contributed by atoms with E-state index in [9.17, 15) is 106 Å². The summed E-state index contributed by atoms with van der Waals surface area (Å²) in [4.78, 5) is 151. The zero-order valence-corrected chi connectivity index (χ0v) is 38.7. The van der Waals surface area contributed by atoms with Crippen LogP contribution in [0.1, 0.15) is 104 Å². The van der Waals surface area contributed by atoms with Crippen LogP contribution in [0.4, 0.5) is 24.9 Å². The Kier molecular flexibility index (Phi) is 23.3. The number of halogens is 3. The Balaban J connectivity index is 1.97. The number of aliphatic carboxylic acids is 6. The van der Waals surface area contributed by atoms with E-state index in [4.69, 9.17) is 16.6 Å². The third kappa shape index (κ3) is 20.0. The molecule has 0 bridgehead atoms. The second-order valence-electron chi connectivity index (χ2n) is 16.4. The summed E-state index contributed by atoms with van der Waals surface area (Å²) in [6.45, 7) is 0. The van der Waals surface area contributed by atoms with Crippen molar-refractivity contribution in [2.45, 2.75) is 132 Å². The predicted octanol–water partition coefficient (Wildman–Crippen LogP) is -2.27. The van der Waals surface area contributed by atoms with Gasteiger partial charge in [-0.1, -0.05) is 12.1 Å². The van der Waals surface area contributed by atoms with Gasteiger partial charge in [0.15, 0.2) is 0 Å². The third-order valence-corrected chi connectivity index (χ3v) is 10.9. The lowest BCUT2D eigenvalue weighted by molar-refractivity contribution is -0.358. The highest BCUT2D eigenvalue weighted by atomic mass is 19.4. The largest absolute Gasteiger partial charge is 0.481 e. The van der Waals surface area contributed by atoms with Crippen molar-refractivity contribution in [3.63, 3.8) is 0 Å². The molecule has 1 aromatic heterocycles. The van der Waals surface area contributed by atoms with Crippen LogP contribution >= 0.6 is 0 Å². The minimum atomic E-state index is -5.59. The Labute approximate surface area is 414 Å². The number of hydrogen-bond donors (Lipinski definition) is 16. The van der Waals surface area contributed by atoms with Crippen LogP contribution in [0.25, 0.3) is 0 Å². The fraction of sp³-hybridized carbons (Fsp3) is 0.500. The second kappa shape index (κ2) is 28.0. The van der Waals surface area contributed by atoms with E-state index in [-0.39, 0.29) is 41.3 Å². The minimum Gasteiger partial charge on any atom is -0.481 e. The van der Waals surface area contributed by atoms with Crippen molar-refractivity contribution >= 4 is 77.1 Å². The van der Waals surface area contributed by atoms with Gasteiger partial charge in [-0.15, -0.1) is 0 Å². The van der Waals surface area contributed by atoms with Crippen LogP contribution < -0.4 is 43.6 Å². The van der Waals surface area contributed by atoms with Gasteiger partial charge < -0.3 is 78.9 Å². The average Bonchev–Trinajstić information content (AvgIpc) is 3.28. The molecule has 74 heavy (non-hydrogen) atoms. The van der Waals surface area contributed by atoms with Crippen LogP contribution in [0.15, 0.2) is 29.1 Å². The Morgan fingerprint density at radius 3 is 1.23 bits per heavy atom. The first-order chi connectivity index (χ1) is 34.3. The lowest BCUT2D eigenvalue weighted by atomic mass is 9.84. The number of carboxylic acid groups (broad SMARTS) is 6. The molecule has 0 spiro atoms. The average molecular weight is 1060 g/mol. The van der Waals surface area contributed by atoms with Gasteiger partial charge in [0, 0.05) is 43.6 Å². The molecule has 1 aromatic carbocycles. The lowest BCUT2D eigenvalue weighted by Gasteiger charge is -2.33. The topological polar surface area (TPSA) is 508 Å². The van der Waals surface area contributed by atoms with Gasteiger partial charge in [0.05, 0.1) is 5.56 Å². The highest BCUT2D eigenvalue weighted by molar-refractivity contribution is 5.97. The van der Waals surface area contributed by atoms with Gasteiger partial charge in [0.25, 0.3) is 17.3 Å². The molecule has 2 aromatic rings. The summed E-state index contributed by atoms with van der Waals surface area (Å²) in [6.07, 6.45) is -13.2. The van der Waals surface area contributed by atoms with Gasteiger partial charge in [-0.2, -0.15) is 18.2 Å². The van der Waals surface area contributed by atoms with Crippen LogP contribution in [0.3, 0.4) is 0 Å². The lowest BCUT2D eigenvalue weighted by Crippen LogP contribution is -2.50. The number of rotatable bonds is 32. The van der Waals surface area contributed by atoms with Gasteiger partial charge >= 0.3 is 42.0 Å². The number of nitrogens with zero attached hydrogens (tertiary/aromatic N) is 1. The van der Waals surface area contributed by atoms with Gasteiger partial charge in [-0.3, -0.25) is 38.5 Å². The van der Waals surface area contributed by atoms with Gasteiger partial charge in [0.2, 0.25) is 29.6 Å². The highest BCUT2D eigenvalue weighted by Gasteiger charge is 2.58. The number of aromatic amines is 1. The van der Waals surface area contributed by atoms with E-state index in [1.165, 1.54) is 0 Å². The maximum absolute atomic E-state index is 13.8. The molecule has 5 amide bonds. The molecule has 0 saturated carbocycles. The molecule has 408 valence electrons. The number of hydrogen-bond acceptors (Lipinski definition) is 17. The van der Waals surface area contributed by atoms with E-state index < -0.39 is 190 Å². The van der Waals surface area contributed by atoms with E-state index in [2.05, 4.69) is 15.3 Å². The zero-order valence-electron chi connectivity index (χ0n) is 38.7. The van der Waals surface area contributed by atoms with Crippen LogP contribution in [-0.2, 0) is 54.4 Å². The van der Waals surface area contributed by atoms with E-state index in [0.29, 0.717) is 0 Å². The summed E-state index contributed by atoms with van der Waals surface area (Å²) < 4.78 is 41.4. The molecule has 0 unspecified atom stereocenters. The number of amides is 5. The number of H-pyrrole nitrogens is 1. The first kappa shape index (κ1) is 61.7. The van der Waals surface area contributed by atoms with Crippen molar-refractivity contribution in [2.24, 2.45) is 0 Å². The Morgan fingerprint density at radius 1 is 0.554 bits per heavy atom. The molecule has 1 heterocycles. The van der Waals surface area contributed by atoms with Crippen LogP contribution in [0, 0.1) is 0 Å². The van der Waals surface area contributed by atoms with Crippen molar-refractivity contribution < 1.29 is 107 Å². The van der Waals surface area contributed by atoms with Crippen molar-refractivity contribution in [1.82, 2.24) is 36.6 Å². The number of nitrogen functional groups attached to an aromatic ring is 2. The summed E-state index contributed by atoms with van der Waals surface area (Å²) in [5.74, 6) is -22.0. The maximum Gasteiger partial charge on any atom is 0.443 e. The highest BCUT2D eigenvalue weighted by Crippen LogP contribution is 2.42. The molecule has 32 heteroatoms. The standard InChI is InChI=1S/C42H54F3N9O20/c43-42(44,45)41(73,74)21(3-1-2-20-32(46)53-40(47)54-34(20)62)18-4-6-19(7-5-18)33(61)52-26(39(71)72)11-16-30(58)50-24(37(67)68)9-14-28(56)48-22(35(63)64)8-13-27(55)49-23(36(65)66)10-15-29(57)51-25(38(69)70)12-17-31(59)60/h4-7,21-26,73-74H,1-3,8-17H2,(H,48,56)(H,49,55)(H,50,58)(H,51,57)(H,52,61)(H,59,60)(H,63,64)(H,65,66)(H,67,68)(H,69,70)(H,71,72)(H5,46,47,53,54,62)/t21-,22+,23+,24+,25+,26+/m1/s1. The predicted molar refractivity (Wildman–Crippen MR) is 240 cm³/mol. The molecule has 18 N–H and O–H groups in total. The SMILES string of the molecule is Nc1nc(N)c(CCC[C@H](c2ccc(C(=O)N[C@@H](CCC(=O)N[C@@H](CCC(=O)N[C@@H](CCC(=O)N[C@@H](CCC(=O)N[C@@H](CCC(=O)O)C(=O)O)C(=O)O)C(=O)O)C(=O)O)C(=O)O)cc2)C(O)(O)C(F)(F)F)c(=O)[nH]1. The number of aliphatic hydroxyl groups is 2. The minimum absolute atomic E-state index is 0.129. The molecule has 0 aliphatic rings. The van der Waals surface area contributed by atoms with Crippen molar-refractivity contribution in [2.75, 3.05) is 11.5 Å². The molecule has 0 aliphatic carbocycles. The van der Waals surface area contributed by atoms with E-state index in [0.717, 1.165) is 24.3 Å². The number of alkyl halides is 3. The summed E-state index contributed by atoms with van der Waals surface area (Å²) in [5, 5.41) is 87.0. The summed E-state index contributed by atoms with van der Waals surface area (Å²) in [5.41, 5.74) is 9.52. The number of nitrogens with one attached hydrogen (secondary N) is 6. The summed E-state index contributed by atoms with van der Waals surface area (Å²) in [6, 6.07) is -5.03. The fourth-order valence-electron chi connectivity index (χ4n) is 6.89. The molecule has 29 nitrogen and oxygen atoms in total. The number of aromatic nitrogens is 2. The number of carbonyl (C=O) groups excluding carboxylic acids is 5. The molecule has 2 rings (SSSR count). The first-order valence-corrected chi connectivity index (χ1v) is 21.9.